The number of hydrogen-bond donors (Lipinski definition) is 1. The van der Waals surface area contributed by atoms with Crippen molar-refractivity contribution in [1.29, 1.82) is 0 Å². The topological polar surface area (TPSA) is 78.3 Å². The molecule has 0 aliphatic carbocycles. The van der Waals surface area contributed by atoms with Gasteiger partial charge in [-0.05, 0) is 29.8 Å². The van der Waals surface area contributed by atoms with Gasteiger partial charge in [-0.3, -0.25) is 4.79 Å². The van der Waals surface area contributed by atoms with E-state index in [0.717, 1.165) is 5.56 Å². The molecule has 3 aromatic rings. The van der Waals surface area contributed by atoms with E-state index >= 15 is 0 Å². The van der Waals surface area contributed by atoms with Gasteiger partial charge in [-0.15, -0.1) is 5.10 Å². The van der Waals surface area contributed by atoms with Gasteiger partial charge in [0.05, 0.1) is 12.6 Å². The molecule has 0 amide bonds. The average molecular weight is 408 g/mol. The molecule has 30 heavy (non-hydrogen) atoms. The molecule has 1 aromatic heterocycles. The number of rotatable bonds is 6. The summed E-state index contributed by atoms with van der Waals surface area (Å²) in [5.74, 6) is -0.605. The van der Waals surface area contributed by atoms with E-state index in [2.05, 4.69) is 22.0 Å². The number of carbonyl (C=O) groups is 1. The van der Waals surface area contributed by atoms with Gasteiger partial charge in [0.15, 0.2) is 5.82 Å². The van der Waals surface area contributed by atoms with Crippen molar-refractivity contribution in [3.63, 3.8) is 0 Å². The van der Waals surface area contributed by atoms with Crippen molar-refractivity contribution in [3.8, 4) is 11.4 Å². The molecule has 2 heterocycles. The zero-order chi connectivity index (χ0) is 21.1. The maximum Gasteiger partial charge on any atom is 0.317 e. The second-order valence-electron chi connectivity index (χ2n) is 6.85. The van der Waals surface area contributed by atoms with E-state index in [0.29, 0.717) is 29.6 Å². The molecule has 154 valence electrons. The first-order valence-corrected chi connectivity index (χ1v) is 9.47. The lowest BCUT2D eigenvalue weighted by Crippen LogP contribution is -2.38. The summed E-state index contributed by atoms with van der Waals surface area (Å²) in [5.41, 5.74) is 2.00. The van der Waals surface area contributed by atoms with E-state index in [1.807, 2.05) is 30.3 Å². The van der Waals surface area contributed by atoms with Crippen LogP contribution in [0.15, 0.2) is 66.9 Å². The quantitative estimate of drug-likeness (QED) is 0.497. The third kappa shape index (κ3) is 3.81. The highest BCUT2D eigenvalue weighted by atomic mass is 19.1. The van der Waals surface area contributed by atoms with Crippen LogP contribution in [-0.2, 0) is 14.3 Å². The third-order valence-electron chi connectivity index (χ3n) is 4.89. The molecule has 1 N–H and O–H groups in total. The number of ether oxygens (including phenoxy) is 2. The van der Waals surface area contributed by atoms with Crippen LogP contribution in [0, 0.1) is 11.7 Å². The van der Waals surface area contributed by atoms with Crippen LogP contribution in [-0.4, -0.2) is 41.1 Å². The normalized spacial score (nSPS) is 17.9. The van der Waals surface area contributed by atoms with E-state index < -0.39 is 17.9 Å². The predicted octanol–water partition coefficient (Wildman–Crippen LogP) is 3.42. The SMILES string of the molecule is C=C1Nc2nc(-c3ccc(F)cc3)nn2[C@H](c2ccccc2)[C@@H]1C(=O)OCCOC. The molecular weight excluding hydrogens is 387 g/mol. The number of aromatic nitrogens is 3. The number of fused-ring (bicyclic) bond motifs is 1. The van der Waals surface area contributed by atoms with Crippen LogP contribution in [0.1, 0.15) is 11.6 Å². The highest BCUT2D eigenvalue weighted by Gasteiger charge is 2.41. The summed E-state index contributed by atoms with van der Waals surface area (Å²) in [6.45, 7) is 4.49. The fourth-order valence-electron chi connectivity index (χ4n) is 3.45. The number of benzene rings is 2. The fraction of sp³-hybridized carbons (Fsp3) is 0.227. The predicted molar refractivity (Wildman–Crippen MR) is 109 cm³/mol. The molecule has 2 atom stereocenters. The van der Waals surface area contributed by atoms with Gasteiger partial charge in [-0.2, -0.15) is 4.98 Å². The second-order valence-corrected chi connectivity index (χ2v) is 6.85. The van der Waals surface area contributed by atoms with Crippen LogP contribution < -0.4 is 5.32 Å². The van der Waals surface area contributed by atoms with Gasteiger partial charge >= 0.3 is 5.97 Å². The number of anilines is 1. The molecule has 0 saturated carbocycles. The van der Waals surface area contributed by atoms with Crippen molar-refractivity contribution in [2.24, 2.45) is 5.92 Å². The van der Waals surface area contributed by atoms with Crippen LogP contribution >= 0.6 is 0 Å². The molecule has 0 spiro atoms. The third-order valence-corrected chi connectivity index (χ3v) is 4.89. The van der Waals surface area contributed by atoms with Crippen molar-refractivity contribution in [3.05, 3.63) is 78.3 Å². The Kier molecular flexibility index (Phi) is 5.58. The number of nitrogens with zero attached hydrogens (tertiary/aromatic N) is 3. The Morgan fingerprint density at radius 2 is 1.90 bits per heavy atom. The van der Waals surface area contributed by atoms with E-state index in [4.69, 9.17) is 9.47 Å². The molecule has 1 aliphatic heterocycles. The van der Waals surface area contributed by atoms with Crippen LogP contribution in [0.3, 0.4) is 0 Å². The first-order chi connectivity index (χ1) is 14.6. The van der Waals surface area contributed by atoms with Crippen molar-refractivity contribution in [2.75, 3.05) is 25.6 Å². The Balaban J connectivity index is 1.75. The smallest absolute Gasteiger partial charge is 0.317 e. The maximum atomic E-state index is 13.3. The molecule has 7 nitrogen and oxygen atoms in total. The highest BCUT2D eigenvalue weighted by molar-refractivity contribution is 5.79. The highest BCUT2D eigenvalue weighted by Crippen LogP contribution is 2.39. The molecular formula is C22H21FN4O3. The molecule has 2 aromatic carbocycles. The van der Waals surface area contributed by atoms with Gasteiger partial charge < -0.3 is 14.8 Å². The van der Waals surface area contributed by atoms with Crippen molar-refractivity contribution in [2.45, 2.75) is 6.04 Å². The van der Waals surface area contributed by atoms with Crippen LogP contribution in [0.4, 0.5) is 10.3 Å². The number of esters is 1. The zero-order valence-electron chi connectivity index (χ0n) is 16.4. The lowest BCUT2D eigenvalue weighted by atomic mass is 9.89. The van der Waals surface area contributed by atoms with E-state index in [9.17, 15) is 9.18 Å². The Bertz CT molecular complexity index is 1050. The van der Waals surface area contributed by atoms with Crippen LogP contribution in [0.5, 0.6) is 0 Å². The monoisotopic (exact) mass is 408 g/mol. The van der Waals surface area contributed by atoms with Gasteiger partial charge in [0.2, 0.25) is 5.95 Å². The lowest BCUT2D eigenvalue weighted by Gasteiger charge is -2.33. The first kappa shape index (κ1) is 19.8. The van der Waals surface area contributed by atoms with Crippen LogP contribution in [0.2, 0.25) is 0 Å². The number of methoxy groups -OCH3 is 1. The minimum absolute atomic E-state index is 0.145. The van der Waals surface area contributed by atoms with Gasteiger partial charge in [0, 0.05) is 18.4 Å². The molecule has 1 aliphatic rings. The minimum atomic E-state index is -0.709. The summed E-state index contributed by atoms with van der Waals surface area (Å²) in [5, 5.41) is 7.69. The minimum Gasteiger partial charge on any atom is -0.463 e. The van der Waals surface area contributed by atoms with E-state index in [1.165, 1.54) is 12.1 Å². The van der Waals surface area contributed by atoms with Crippen molar-refractivity contribution < 1.29 is 18.7 Å². The Hall–Kier alpha value is -3.52. The summed E-state index contributed by atoms with van der Waals surface area (Å²) in [4.78, 5) is 17.4. The van der Waals surface area contributed by atoms with Gasteiger partial charge in [-0.1, -0.05) is 36.9 Å². The number of carbonyl (C=O) groups excluding carboxylic acids is 1. The van der Waals surface area contributed by atoms with Crippen molar-refractivity contribution in [1.82, 2.24) is 14.8 Å². The second kappa shape index (κ2) is 8.46. The lowest BCUT2D eigenvalue weighted by molar-refractivity contribution is -0.149. The summed E-state index contributed by atoms with van der Waals surface area (Å²) in [6, 6.07) is 15.0. The number of halogens is 1. The molecule has 0 saturated heterocycles. The molecule has 0 fully saturated rings. The zero-order valence-corrected chi connectivity index (χ0v) is 16.4. The van der Waals surface area contributed by atoms with E-state index in [-0.39, 0.29) is 12.4 Å². The standard InChI is InChI=1S/C22H21FN4O3/c1-14-18(21(28)30-13-12-29-2)19(15-6-4-3-5-7-15)27-22(24-14)25-20(26-27)16-8-10-17(23)11-9-16/h3-11,18-19H,1,12-13H2,2H3,(H,24,25,26)/t18-,19-/m1/s1. The average Bonchev–Trinajstić information content (AvgIpc) is 3.17. The van der Waals surface area contributed by atoms with Gasteiger partial charge in [0.1, 0.15) is 18.3 Å². The summed E-state index contributed by atoms with van der Waals surface area (Å²) in [7, 11) is 1.54. The molecule has 8 heteroatoms. The van der Waals surface area contributed by atoms with Gasteiger partial charge in [-0.25, -0.2) is 9.07 Å². The van der Waals surface area contributed by atoms with Crippen molar-refractivity contribution >= 4 is 11.9 Å². The molecule has 0 radical (unpaired) electrons. The summed E-state index contributed by atoms with van der Waals surface area (Å²) >= 11 is 0. The first-order valence-electron chi connectivity index (χ1n) is 9.47. The van der Waals surface area contributed by atoms with Gasteiger partial charge in [0.25, 0.3) is 0 Å². The van der Waals surface area contributed by atoms with E-state index in [1.54, 1.807) is 23.9 Å². The molecule has 0 bridgehead atoms. The van der Waals surface area contributed by atoms with Crippen LogP contribution in [0.25, 0.3) is 11.4 Å². The maximum absolute atomic E-state index is 13.3. The summed E-state index contributed by atoms with van der Waals surface area (Å²) in [6.07, 6.45) is 0. The summed E-state index contributed by atoms with van der Waals surface area (Å²) < 4.78 is 25.3. The molecule has 4 rings (SSSR count). The number of hydrogen-bond acceptors (Lipinski definition) is 6. The Morgan fingerprint density at radius 1 is 1.17 bits per heavy atom. The fourth-order valence-corrected chi connectivity index (χ4v) is 3.45. The Morgan fingerprint density at radius 3 is 2.60 bits per heavy atom. The molecule has 0 unspecified atom stereocenters. The number of nitrogens with one attached hydrogen (secondary N) is 1. The largest absolute Gasteiger partial charge is 0.463 e. The Labute approximate surface area is 173 Å².